The molecule has 3 nitrogen and oxygen atoms in total. The number of hydrogen-bond acceptors (Lipinski definition) is 3. The summed E-state index contributed by atoms with van der Waals surface area (Å²) in [6.45, 7) is 4.22. The molecule has 1 aromatic rings. The molecule has 70 valence electrons. The van der Waals surface area contributed by atoms with Crippen LogP contribution in [0.15, 0.2) is 12.4 Å². The van der Waals surface area contributed by atoms with E-state index in [-0.39, 0.29) is 5.54 Å². The van der Waals surface area contributed by atoms with Crippen LogP contribution < -0.4 is 5.32 Å². The van der Waals surface area contributed by atoms with Gasteiger partial charge >= 0.3 is 0 Å². The Labute approximate surface area is 78.6 Å². The van der Waals surface area contributed by atoms with Crippen LogP contribution in [-0.2, 0) is 0 Å². The molecule has 1 heterocycles. The fourth-order valence-corrected chi connectivity index (χ4v) is 1.56. The minimum absolute atomic E-state index is 0.245. The van der Waals surface area contributed by atoms with Gasteiger partial charge in [-0.2, -0.15) is 0 Å². The number of anilines is 1. The van der Waals surface area contributed by atoms with Crippen LogP contribution in [0, 0.1) is 6.92 Å². The fourth-order valence-electron chi connectivity index (χ4n) is 1.56. The van der Waals surface area contributed by atoms with Gasteiger partial charge in [0.25, 0.3) is 0 Å². The molecule has 1 aromatic heterocycles. The Morgan fingerprint density at radius 1 is 1.31 bits per heavy atom. The second-order valence-corrected chi connectivity index (χ2v) is 4.12. The average molecular weight is 177 g/mol. The first kappa shape index (κ1) is 8.48. The Hall–Kier alpha value is -1.12. The van der Waals surface area contributed by atoms with Crippen molar-refractivity contribution in [1.29, 1.82) is 0 Å². The number of nitrogens with zero attached hydrogens (tertiary/aromatic N) is 2. The summed E-state index contributed by atoms with van der Waals surface area (Å²) in [5.74, 6) is 0.757. The molecule has 0 saturated heterocycles. The lowest BCUT2D eigenvalue weighted by Gasteiger charge is -2.39. The fraction of sp³-hybridized carbons (Fsp3) is 0.600. The highest BCUT2D eigenvalue weighted by molar-refractivity contribution is 5.30. The molecule has 1 saturated carbocycles. The molecule has 0 bridgehead atoms. The zero-order valence-electron chi connectivity index (χ0n) is 8.17. The molecule has 0 unspecified atom stereocenters. The van der Waals surface area contributed by atoms with Crippen LogP contribution in [0.1, 0.15) is 31.7 Å². The van der Waals surface area contributed by atoms with Crippen LogP contribution in [0.25, 0.3) is 0 Å². The molecule has 0 radical (unpaired) electrons. The minimum Gasteiger partial charge on any atom is -0.349 e. The van der Waals surface area contributed by atoms with E-state index in [1.165, 1.54) is 19.3 Å². The van der Waals surface area contributed by atoms with Crippen LogP contribution in [-0.4, -0.2) is 15.5 Å². The molecule has 1 aliphatic carbocycles. The van der Waals surface area contributed by atoms with Gasteiger partial charge in [0.2, 0.25) is 5.95 Å². The van der Waals surface area contributed by atoms with Crippen LogP contribution in [0.5, 0.6) is 0 Å². The SMILES string of the molecule is Cc1cnc(NC2(C)CCC2)nc1. The predicted octanol–water partition coefficient (Wildman–Crippen LogP) is 2.14. The Morgan fingerprint density at radius 3 is 2.38 bits per heavy atom. The van der Waals surface area contributed by atoms with E-state index in [9.17, 15) is 0 Å². The predicted molar refractivity (Wildman–Crippen MR) is 52.6 cm³/mol. The van der Waals surface area contributed by atoms with Crippen molar-refractivity contribution in [3.63, 3.8) is 0 Å². The first-order valence-electron chi connectivity index (χ1n) is 4.75. The molecule has 13 heavy (non-hydrogen) atoms. The highest BCUT2D eigenvalue weighted by Gasteiger charge is 2.31. The van der Waals surface area contributed by atoms with Crippen LogP contribution in [0.4, 0.5) is 5.95 Å². The summed E-state index contributed by atoms with van der Waals surface area (Å²) in [5, 5.41) is 3.36. The summed E-state index contributed by atoms with van der Waals surface area (Å²) < 4.78 is 0. The van der Waals surface area contributed by atoms with E-state index in [0.717, 1.165) is 11.5 Å². The van der Waals surface area contributed by atoms with Gasteiger partial charge in [0.15, 0.2) is 0 Å². The van der Waals surface area contributed by atoms with E-state index in [1.54, 1.807) is 0 Å². The molecule has 0 amide bonds. The van der Waals surface area contributed by atoms with Crippen molar-refractivity contribution in [3.8, 4) is 0 Å². The first-order chi connectivity index (χ1) is 6.18. The maximum absolute atomic E-state index is 4.22. The van der Waals surface area contributed by atoms with Gasteiger partial charge in [-0.05, 0) is 38.7 Å². The quantitative estimate of drug-likeness (QED) is 0.752. The summed E-state index contributed by atoms with van der Waals surface area (Å²) in [6, 6.07) is 0. The number of hydrogen-bond donors (Lipinski definition) is 1. The topological polar surface area (TPSA) is 37.8 Å². The third-order valence-electron chi connectivity index (χ3n) is 2.65. The molecule has 1 aliphatic rings. The molecular weight excluding hydrogens is 162 g/mol. The number of nitrogens with one attached hydrogen (secondary N) is 1. The van der Waals surface area contributed by atoms with Crippen molar-refractivity contribution in [2.75, 3.05) is 5.32 Å². The summed E-state index contributed by atoms with van der Waals surface area (Å²) in [7, 11) is 0. The van der Waals surface area contributed by atoms with Gasteiger partial charge in [-0.25, -0.2) is 9.97 Å². The van der Waals surface area contributed by atoms with Crippen LogP contribution in [0.3, 0.4) is 0 Å². The van der Waals surface area contributed by atoms with Crippen molar-refractivity contribution in [3.05, 3.63) is 18.0 Å². The Bertz CT molecular complexity index is 288. The second kappa shape index (κ2) is 2.98. The highest BCUT2D eigenvalue weighted by atomic mass is 15.1. The molecule has 0 aromatic carbocycles. The smallest absolute Gasteiger partial charge is 0.223 e. The van der Waals surface area contributed by atoms with Crippen molar-refractivity contribution >= 4 is 5.95 Å². The normalized spacial score (nSPS) is 19.2. The molecule has 3 heteroatoms. The van der Waals surface area contributed by atoms with Gasteiger partial charge in [0, 0.05) is 17.9 Å². The van der Waals surface area contributed by atoms with E-state index in [0.29, 0.717) is 0 Å². The van der Waals surface area contributed by atoms with Gasteiger partial charge < -0.3 is 5.32 Å². The van der Waals surface area contributed by atoms with E-state index in [2.05, 4.69) is 22.2 Å². The summed E-state index contributed by atoms with van der Waals surface area (Å²) >= 11 is 0. The molecule has 0 atom stereocenters. The van der Waals surface area contributed by atoms with Gasteiger partial charge in [-0.15, -0.1) is 0 Å². The van der Waals surface area contributed by atoms with Crippen LogP contribution >= 0.6 is 0 Å². The number of aromatic nitrogens is 2. The molecule has 1 fully saturated rings. The average Bonchev–Trinajstić information content (AvgIpc) is 2.06. The lowest BCUT2D eigenvalue weighted by atomic mass is 9.79. The zero-order chi connectivity index (χ0) is 9.31. The first-order valence-corrected chi connectivity index (χ1v) is 4.75. The van der Waals surface area contributed by atoms with Gasteiger partial charge in [-0.1, -0.05) is 0 Å². The molecule has 2 rings (SSSR count). The van der Waals surface area contributed by atoms with E-state index in [1.807, 2.05) is 19.3 Å². The molecule has 0 aliphatic heterocycles. The Kier molecular flexibility index (Phi) is 1.94. The molecular formula is C10H15N3. The number of aryl methyl sites for hydroxylation is 1. The van der Waals surface area contributed by atoms with Gasteiger partial charge in [0.1, 0.15) is 0 Å². The van der Waals surface area contributed by atoms with Gasteiger partial charge in [0.05, 0.1) is 0 Å². The third kappa shape index (κ3) is 1.79. The maximum atomic E-state index is 4.22. The largest absolute Gasteiger partial charge is 0.349 e. The van der Waals surface area contributed by atoms with E-state index < -0.39 is 0 Å². The molecule has 0 spiro atoms. The van der Waals surface area contributed by atoms with E-state index in [4.69, 9.17) is 0 Å². The second-order valence-electron chi connectivity index (χ2n) is 4.12. The van der Waals surface area contributed by atoms with E-state index >= 15 is 0 Å². The number of rotatable bonds is 2. The van der Waals surface area contributed by atoms with Gasteiger partial charge in [-0.3, -0.25) is 0 Å². The lowest BCUT2D eigenvalue weighted by molar-refractivity contribution is 0.304. The zero-order valence-corrected chi connectivity index (χ0v) is 8.17. The van der Waals surface area contributed by atoms with Crippen LogP contribution in [0.2, 0.25) is 0 Å². The van der Waals surface area contributed by atoms with Crippen molar-refractivity contribution in [1.82, 2.24) is 9.97 Å². The highest BCUT2D eigenvalue weighted by Crippen LogP contribution is 2.33. The van der Waals surface area contributed by atoms with Crippen molar-refractivity contribution < 1.29 is 0 Å². The molecule has 1 N–H and O–H groups in total. The summed E-state index contributed by atoms with van der Waals surface area (Å²) in [6.07, 6.45) is 7.46. The summed E-state index contributed by atoms with van der Waals surface area (Å²) in [5.41, 5.74) is 1.35. The standard InChI is InChI=1S/C10H15N3/c1-8-6-11-9(12-7-8)13-10(2)4-3-5-10/h6-7H,3-5H2,1-2H3,(H,11,12,13). The minimum atomic E-state index is 0.245. The Balaban J connectivity index is 2.05. The third-order valence-corrected chi connectivity index (χ3v) is 2.65. The maximum Gasteiger partial charge on any atom is 0.223 e. The summed E-state index contributed by atoms with van der Waals surface area (Å²) in [4.78, 5) is 8.45. The van der Waals surface area contributed by atoms with Crippen molar-refractivity contribution in [2.24, 2.45) is 0 Å². The van der Waals surface area contributed by atoms with Crippen molar-refractivity contribution in [2.45, 2.75) is 38.6 Å². The lowest BCUT2D eigenvalue weighted by Crippen LogP contribution is -2.42. The Morgan fingerprint density at radius 2 is 1.92 bits per heavy atom. The monoisotopic (exact) mass is 177 g/mol.